The molecule has 160 valence electrons. The van der Waals surface area contributed by atoms with Crippen molar-refractivity contribution in [2.24, 2.45) is 5.92 Å². The number of ether oxygens (including phenoxy) is 1. The second-order valence-corrected chi connectivity index (χ2v) is 7.17. The van der Waals surface area contributed by atoms with Gasteiger partial charge in [-0.2, -0.15) is 13.2 Å². The van der Waals surface area contributed by atoms with E-state index in [9.17, 15) is 13.2 Å². The highest BCUT2D eigenvalue weighted by atomic mass is 19.4. The normalized spacial score (nSPS) is 19.4. The monoisotopic (exact) mass is 416 g/mol. The zero-order valence-corrected chi connectivity index (χ0v) is 15.9. The zero-order chi connectivity index (χ0) is 21.0. The van der Waals surface area contributed by atoms with Crippen LogP contribution in [0.4, 0.5) is 13.2 Å². The molecule has 1 fully saturated rings. The summed E-state index contributed by atoms with van der Waals surface area (Å²) in [6, 6.07) is 2.19. The first-order valence-corrected chi connectivity index (χ1v) is 9.26. The first kappa shape index (κ1) is 21.3. The zero-order valence-electron chi connectivity index (χ0n) is 15.9. The minimum atomic E-state index is -5.08. The Morgan fingerprint density at radius 1 is 1.41 bits per heavy atom. The number of aromatic nitrogens is 3. The van der Waals surface area contributed by atoms with Gasteiger partial charge in [-0.25, -0.2) is 9.48 Å². The summed E-state index contributed by atoms with van der Waals surface area (Å²) in [5.74, 6) is -1.94. The molecular formula is C18H23F3N4O4. The van der Waals surface area contributed by atoms with E-state index in [-0.39, 0.29) is 6.04 Å². The van der Waals surface area contributed by atoms with Crippen LogP contribution in [-0.4, -0.2) is 57.4 Å². The van der Waals surface area contributed by atoms with Crippen molar-refractivity contribution in [2.75, 3.05) is 20.3 Å². The Hall–Kier alpha value is -2.40. The molecule has 1 aliphatic carbocycles. The average Bonchev–Trinajstić information content (AvgIpc) is 3.15. The van der Waals surface area contributed by atoms with Crippen molar-refractivity contribution >= 4 is 5.97 Å². The van der Waals surface area contributed by atoms with Crippen molar-refractivity contribution in [3.8, 4) is 0 Å². The topological polar surface area (TPSA) is 93.6 Å². The third kappa shape index (κ3) is 5.57. The van der Waals surface area contributed by atoms with E-state index in [1.807, 2.05) is 12.3 Å². The van der Waals surface area contributed by atoms with Gasteiger partial charge in [-0.1, -0.05) is 5.21 Å². The molecule has 2 aliphatic rings. The highest BCUT2D eigenvalue weighted by Gasteiger charge is 2.38. The van der Waals surface area contributed by atoms with Gasteiger partial charge < -0.3 is 14.3 Å². The number of halogens is 3. The Balaban J connectivity index is 0.000000298. The molecule has 0 aromatic carbocycles. The molecule has 2 aromatic heterocycles. The van der Waals surface area contributed by atoms with E-state index in [1.54, 1.807) is 13.4 Å². The van der Waals surface area contributed by atoms with Crippen LogP contribution in [-0.2, 0) is 29.0 Å². The Morgan fingerprint density at radius 3 is 2.69 bits per heavy atom. The Morgan fingerprint density at radius 2 is 2.14 bits per heavy atom. The van der Waals surface area contributed by atoms with Crippen LogP contribution in [0.5, 0.6) is 0 Å². The molecule has 0 bridgehead atoms. The molecule has 3 heterocycles. The number of carboxylic acids is 1. The number of hydrogen-bond donors (Lipinski definition) is 1. The number of aliphatic carboxylic acids is 1. The van der Waals surface area contributed by atoms with Gasteiger partial charge in [-0.05, 0) is 24.8 Å². The molecule has 4 rings (SSSR count). The van der Waals surface area contributed by atoms with E-state index in [1.165, 1.54) is 24.1 Å². The molecule has 2 aromatic rings. The van der Waals surface area contributed by atoms with E-state index >= 15 is 0 Å². The van der Waals surface area contributed by atoms with Crippen LogP contribution in [0.15, 0.2) is 23.0 Å². The second kappa shape index (κ2) is 8.95. The number of carbonyl (C=O) groups is 1. The third-order valence-electron chi connectivity index (χ3n) is 4.92. The number of hydrogen-bond acceptors (Lipinski definition) is 6. The number of rotatable bonds is 6. The molecule has 11 heteroatoms. The summed E-state index contributed by atoms with van der Waals surface area (Å²) in [4.78, 5) is 11.3. The molecule has 0 saturated heterocycles. The molecule has 1 saturated carbocycles. The van der Waals surface area contributed by atoms with Crippen molar-refractivity contribution in [3.05, 3.63) is 35.5 Å². The van der Waals surface area contributed by atoms with E-state index in [4.69, 9.17) is 19.1 Å². The molecule has 0 radical (unpaired) electrons. The Labute approximate surface area is 165 Å². The fraction of sp³-hybridized carbons (Fsp3) is 0.611. The van der Waals surface area contributed by atoms with Crippen molar-refractivity contribution in [1.29, 1.82) is 0 Å². The third-order valence-corrected chi connectivity index (χ3v) is 4.92. The van der Waals surface area contributed by atoms with E-state index in [0.29, 0.717) is 6.61 Å². The molecule has 1 aliphatic heterocycles. The van der Waals surface area contributed by atoms with Crippen LogP contribution in [0, 0.1) is 5.92 Å². The molecular weight excluding hydrogens is 393 g/mol. The number of methoxy groups -OCH3 is 1. The molecule has 1 unspecified atom stereocenters. The molecule has 1 N–H and O–H groups in total. The molecule has 29 heavy (non-hydrogen) atoms. The van der Waals surface area contributed by atoms with Crippen LogP contribution in [0.1, 0.15) is 35.8 Å². The number of alkyl halides is 3. The highest BCUT2D eigenvalue weighted by Crippen LogP contribution is 2.34. The van der Waals surface area contributed by atoms with Gasteiger partial charge in [0.15, 0.2) is 0 Å². The predicted octanol–water partition coefficient (Wildman–Crippen LogP) is 2.66. The summed E-state index contributed by atoms with van der Waals surface area (Å²) in [5, 5.41) is 16.0. The largest absolute Gasteiger partial charge is 0.490 e. The SMILES string of the molecule is COCC1c2nnn(CC3CC3)c2CCN1Cc1ccoc1.O=C(O)C(F)(F)F. The van der Waals surface area contributed by atoms with E-state index in [2.05, 4.69) is 19.9 Å². The van der Waals surface area contributed by atoms with Crippen LogP contribution in [0.2, 0.25) is 0 Å². The highest BCUT2D eigenvalue weighted by molar-refractivity contribution is 5.73. The number of fused-ring (bicyclic) bond motifs is 1. The summed E-state index contributed by atoms with van der Waals surface area (Å²) in [7, 11) is 1.75. The van der Waals surface area contributed by atoms with Gasteiger partial charge in [0.05, 0.1) is 30.9 Å². The first-order valence-electron chi connectivity index (χ1n) is 9.26. The molecule has 0 amide bonds. The van der Waals surface area contributed by atoms with Crippen LogP contribution >= 0.6 is 0 Å². The van der Waals surface area contributed by atoms with Crippen molar-refractivity contribution < 1.29 is 32.2 Å². The predicted molar refractivity (Wildman–Crippen MR) is 93.9 cm³/mol. The lowest BCUT2D eigenvalue weighted by Gasteiger charge is -2.34. The smallest absolute Gasteiger partial charge is 0.475 e. The van der Waals surface area contributed by atoms with Gasteiger partial charge in [0.1, 0.15) is 5.69 Å². The molecule has 1 atom stereocenters. The minimum Gasteiger partial charge on any atom is -0.475 e. The Kier molecular flexibility index (Phi) is 6.58. The van der Waals surface area contributed by atoms with Gasteiger partial charge in [0, 0.05) is 38.7 Å². The van der Waals surface area contributed by atoms with Crippen LogP contribution in [0.25, 0.3) is 0 Å². The number of nitrogens with zero attached hydrogens (tertiary/aromatic N) is 4. The lowest BCUT2D eigenvalue weighted by atomic mass is 10.0. The van der Waals surface area contributed by atoms with Crippen molar-refractivity contribution in [2.45, 2.75) is 44.6 Å². The second-order valence-electron chi connectivity index (χ2n) is 7.17. The standard InChI is InChI=1S/C16H22N4O2.C2HF3O2/c1-21-11-15-16-14(20(18-17-16)9-12-2-3-12)4-6-19(15)8-13-5-7-22-10-13;3-2(4,5)1(6)7/h5,7,10,12,15H,2-4,6,8-9,11H2,1H3;(H,6,7). The maximum atomic E-state index is 10.6. The lowest BCUT2D eigenvalue weighted by Crippen LogP contribution is -2.38. The quantitative estimate of drug-likeness (QED) is 0.774. The number of carboxylic acid groups (broad SMARTS) is 1. The van der Waals surface area contributed by atoms with E-state index in [0.717, 1.165) is 37.7 Å². The van der Waals surface area contributed by atoms with E-state index < -0.39 is 12.1 Å². The first-order chi connectivity index (χ1) is 13.8. The fourth-order valence-corrected chi connectivity index (χ4v) is 3.28. The van der Waals surface area contributed by atoms with Gasteiger partial charge >= 0.3 is 12.1 Å². The summed E-state index contributed by atoms with van der Waals surface area (Å²) < 4.78 is 44.5. The maximum Gasteiger partial charge on any atom is 0.490 e. The Bertz CT molecular complexity index is 803. The van der Waals surface area contributed by atoms with Crippen LogP contribution in [0.3, 0.4) is 0 Å². The van der Waals surface area contributed by atoms with Crippen molar-refractivity contribution in [3.63, 3.8) is 0 Å². The fourth-order valence-electron chi connectivity index (χ4n) is 3.28. The van der Waals surface area contributed by atoms with Gasteiger partial charge in [0.2, 0.25) is 0 Å². The average molecular weight is 416 g/mol. The van der Waals surface area contributed by atoms with Crippen molar-refractivity contribution in [1.82, 2.24) is 19.9 Å². The molecule has 0 spiro atoms. The lowest BCUT2D eigenvalue weighted by molar-refractivity contribution is -0.192. The summed E-state index contributed by atoms with van der Waals surface area (Å²) in [5.41, 5.74) is 3.59. The summed E-state index contributed by atoms with van der Waals surface area (Å²) in [6.07, 6.45) is 2.13. The summed E-state index contributed by atoms with van der Waals surface area (Å²) >= 11 is 0. The van der Waals surface area contributed by atoms with Gasteiger partial charge in [0.25, 0.3) is 0 Å². The summed E-state index contributed by atoms with van der Waals surface area (Å²) in [6.45, 7) is 3.54. The molecule has 8 nitrogen and oxygen atoms in total. The minimum absolute atomic E-state index is 0.177. The maximum absolute atomic E-state index is 10.6. The van der Waals surface area contributed by atoms with Crippen LogP contribution < -0.4 is 0 Å². The van der Waals surface area contributed by atoms with Gasteiger partial charge in [-0.15, -0.1) is 5.10 Å². The van der Waals surface area contributed by atoms with Gasteiger partial charge in [-0.3, -0.25) is 4.90 Å². The number of furan rings is 1.